The van der Waals surface area contributed by atoms with Gasteiger partial charge in [0.1, 0.15) is 0 Å². The molecule has 0 aliphatic rings. The van der Waals surface area contributed by atoms with Gasteiger partial charge in [-0.2, -0.15) is 74.6 Å². The van der Waals surface area contributed by atoms with Crippen molar-refractivity contribution < 1.29 is 84.2 Å². The summed E-state index contributed by atoms with van der Waals surface area (Å²) >= 11 is 0. The van der Waals surface area contributed by atoms with Crippen LogP contribution in [0.25, 0.3) is 6.08 Å². The molecule has 0 spiro atoms. The fraction of sp³-hybridized carbons (Fsp3) is 0.526. The number of rotatable bonds is 10. The van der Waals surface area contributed by atoms with Crippen LogP contribution in [0.4, 0.5) is 74.6 Å². The highest BCUT2D eigenvalue weighted by atomic mass is 19.4. The molecule has 0 bridgehead atoms. The number of hydrogen-bond acceptors (Lipinski definition) is 2. The maximum absolute atomic E-state index is 13.8. The standard InChI is InChI=1S/C19H11F17O2/c1-2-38-11(37)10-5-3-9(4-6-10)7-8-12(20,21)13(22,23)14(24,25)15(26,27)16(28,29)17(30,31)18(32,33)19(34,35)36/h3-8H,2H2,1H3/b8-7+. The molecular weight excluding hydrogens is 583 g/mol. The van der Waals surface area contributed by atoms with Crippen molar-refractivity contribution in [2.24, 2.45) is 0 Å². The van der Waals surface area contributed by atoms with Crippen LogP contribution in [0.5, 0.6) is 0 Å². The van der Waals surface area contributed by atoms with Crippen LogP contribution < -0.4 is 0 Å². The summed E-state index contributed by atoms with van der Waals surface area (Å²) in [6.07, 6.45) is -9.30. The second kappa shape index (κ2) is 9.77. The zero-order chi connectivity index (χ0) is 30.4. The Morgan fingerprint density at radius 1 is 0.632 bits per heavy atom. The Kier molecular flexibility index (Phi) is 8.55. The smallest absolute Gasteiger partial charge is 0.460 e. The first-order valence-electron chi connectivity index (χ1n) is 9.35. The van der Waals surface area contributed by atoms with E-state index < -0.39 is 65.2 Å². The SMILES string of the molecule is CCOC(=O)c1ccc(/C=C/C(F)(F)C(F)(F)C(F)(F)C(F)(F)C(F)(F)C(F)(F)C(F)(F)C(F)(F)F)cc1. The molecule has 0 unspecified atom stereocenters. The summed E-state index contributed by atoms with van der Waals surface area (Å²) < 4.78 is 229. The molecule has 1 aromatic carbocycles. The third kappa shape index (κ3) is 4.99. The molecule has 0 saturated heterocycles. The molecule has 19 heteroatoms. The predicted octanol–water partition coefficient (Wildman–Crippen LogP) is 7.89. The van der Waals surface area contributed by atoms with E-state index in [-0.39, 0.29) is 18.2 Å². The van der Waals surface area contributed by atoms with Gasteiger partial charge in [-0.05, 0) is 30.7 Å². The lowest BCUT2D eigenvalue weighted by molar-refractivity contribution is -0.459. The fourth-order valence-corrected chi connectivity index (χ4v) is 2.43. The van der Waals surface area contributed by atoms with Gasteiger partial charge >= 0.3 is 53.6 Å². The molecule has 1 aromatic rings. The molecule has 218 valence electrons. The highest BCUT2D eigenvalue weighted by molar-refractivity contribution is 5.89. The van der Waals surface area contributed by atoms with Crippen LogP contribution >= 0.6 is 0 Å². The minimum absolute atomic E-state index is 0.126. The molecule has 0 radical (unpaired) electrons. The number of alkyl halides is 17. The highest BCUT2D eigenvalue weighted by Crippen LogP contribution is 2.64. The molecule has 0 aromatic heterocycles. The van der Waals surface area contributed by atoms with Gasteiger partial charge in [0.2, 0.25) is 0 Å². The number of halogens is 17. The Morgan fingerprint density at radius 3 is 1.37 bits per heavy atom. The molecule has 0 amide bonds. The first-order chi connectivity index (χ1) is 16.7. The highest BCUT2D eigenvalue weighted by Gasteiger charge is 2.95. The molecule has 0 saturated carbocycles. The Hall–Kier alpha value is -2.76. The van der Waals surface area contributed by atoms with Crippen molar-refractivity contribution in [3.05, 3.63) is 41.5 Å². The molecule has 0 heterocycles. The van der Waals surface area contributed by atoms with E-state index in [1.54, 1.807) is 0 Å². The Bertz CT molecular complexity index is 1020. The van der Waals surface area contributed by atoms with Crippen molar-refractivity contribution in [3.8, 4) is 0 Å². The minimum Gasteiger partial charge on any atom is -0.462 e. The number of esters is 1. The molecule has 0 aliphatic carbocycles. The van der Waals surface area contributed by atoms with Crippen LogP contribution in [0.2, 0.25) is 0 Å². The van der Waals surface area contributed by atoms with Crippen molar-refractivity contribution in [1.82, 2.24) is 0 Å². The van der Waals surface area contributed by atoms with Gasteiger partial charge in [0, 0.05) is 0 Å². The summed E-state index contributed by atoms with van der Waals surface area (Å²) in [6.45, 7) is 1.26. The summed E-state index contributed by atoms with van der Waals surface area (Å²) in [5.74, 6) is -57.8. The first kappa shape index (κ1) is 33.3. The zero-order valence-electron chi connectivity index (χ0n) is 17.9. The average Bonchev–Trinajstić information content (AvgIpc) is 2.76. The lowest BCUT2D eigenvalue weighted by atomic mass is 9.89. The molecule has 38 heavy (non-hydrogen) atoms. The largest absolute Gasteiger partial charge is 0.462 e. The zero-order valence-corrected chi connectivity index (χ0v) is 17.9. The maximum atomic E-state index is 13.8. The lowest BCUT2D eigenvalue weighted by Crippen LogP contribution is -2.74. The van der Waals surface area contributed by atoms with Gasteiger partial charge in [-0.1, -0.05) is 18.2 Å². The summed E-state index contributed by atoms with van der Waals surface area (Å²) in [6, 6.07) is 2.97. The third-order valence-corrected chi connectivity index (χ3v) is 4.65. The molecule has 0 atom stereocenters. The molecular formula is C19H11F17O2. The van der Waals surface area contributed by atoms with E-state index in [4.69, 9.17) is 0 Å². The van der Waals surface area contributed by atoms with E-state index in [2.05, 4.69) is 4.74 Å². The van der Waals surface area contributed by atoms with E-state index in [0.717, 1.165) is 12.1 Å². The second-order valence-corrected chi connectivity index (χ2v) is 7.24. The topological polar surface area (TPSA) is 26.3 Å². The number of carbonyl (C=O) groups is 1. The van der Waals surface area contributed by atoms with E-state index in [0.29, 0.717) is 12.1 Å². The number of hydrogen-bond donors (Lipinski definition) is 0. The molecule has 2 nitrogen and oxygen atoms in total. The average molecular weight is 594 g/mol. The van der Waals surface area contributed by atoms with E-state index in [9.17, 15) is 79.4 Å². The van der Waals surface area contributed by atoms with Gasteiger partial charge in [0.25, 0.3) is 0 Å². The molecule has 1 rings (SSSR count). The Morgan fingerprint density at radius 2 is 1.00 bits per heavy atom. The van der Waals surface area contributed by atoms with Gasteiger partial charge in [-0.15, -0.1) is 0 Å². The van der Waals surface area contributed by atoms with Crippen LogP contribution in [0.1, 0.15) is 22.8 Å². The van der Waals surface area contributed by atoms with Gasteiger partial charge in [0.05, 0.1) is 12.2 Å². The summed E-state index contributed by atoms with van der Waals surface area (Å²) in [7, 11) is 0. The quantitative estimate of drug-likeness (QED) is 0.204. The maximum Gasteiger partial charge on any atom is 0.460 e. The Labute approximate surface area is 200 Å². The third-order valence-electron chi connectivity index (χ3n) is 4.65. The van der Waals surface area contributed by atoms with Crippen molar-refractivity contribution >= 4 is 12.0 Å². The minimum atomic E-state index is -8.67. The summed E-state index contributed by atoms with van der Waals surface area (Å²) in [5.41, 5.74) is -0.906. The van der Waals surface area contributed by atoms with Crippen LogP contribution in [0.15, 0.2) is 30.3 Å². The lowest BCUT2D eigenvalue weighted by Gasteiger charge is -2.42. The van der Waals surface area contributed by atoms with E-state index in [1.165, 1.54) is 6.92 Å². The van der Waals surface area contributed by atoms with Gasteiger partial charge in [-0.3, -0.25) is 0 Å². The van der Waals surface area contributed by atoms with Crippen molar-refractivity contribution in [2.45, 2.75) is 54.6 Å². The second-order valence-electron chi connectivity index (χ2n) is 7.24. The molecule has 0 fully saturated rings. The predicted molar refractivity (Wildman–Crippen MR) is 92.1 cm³/mol. The molecule has 0 aliphatic heterocycles. The number of carbonyl (C=O) groups excluding carboxylic acids is 1. The van der Waals surface area contributed by atoms with Gasteiger partial charge < -0.3 is 4.74 Å². The summed E-state index contributed by atoms with van der Waals surface area (Å²) in [4.78, 5) is 11.4. The number of benzene rings is 1. The van der Waals surface area contributed by atoms with Crippen molar-refractivity contribution in [2.75, 3.05) is 6.61 Å². The van der Waals surface area contributed by atoms with Crippen LogP contribution in [-0.2, 0) is 4.74 Å². The van der Waals surface area contributed by atoms with Crippen molar-refractivity contribution in [3.63, 3.8) is 0 Å². The van der Waals surface area contributed by atoms with Crippen molar-refractivity contribution in [1.29, 1.82) is 0 Å². The van der Waals surface area contributed by atoms with Crippen LogP contribution in [-0.4, -0.2) is 60.2 Å². The summed E-state index contributed by atoms with van der Waals surface area (Å²) in [5, 5.41) is 0. The Balaban J connectivity index is 3.48. The first-order valence-corrected chi connectivity index (χ1v) is 9.35. The van der Waals surface area contributed by atoms with E-state index >= 15 is 0 Å². The van der Waals surface area contributed by atoms with Gasteiger partial charge in [-0.25, -0.2) is 4.79 Å². The molecule has 0 N–H and O–H groups in total. The number of ether oxygens (including phenoxy) is 1. The van der Waals surface area contributed by atoms with E-state index in [1.807, 2.05) is 0 Å². The monoisotopic (exact) mass is 594 g/mol. The fourth-order valence-electron chi connectivity index (χ4n) is 2.43. The number of allylic oxidation sites excluding steroid dienone is 1. The normalized spacial score (nSPS) is 15.2. The van der Waals surface area contributed by atoms with Crippen LogP contribution in [0.3, 0.4) is 0 Å². The van der Waals surface area contributed by atoms with Gasteiger partial charge in [0.15, 0.2) is 0 Å². The van der Waals surface area contributed by atoms with Crippen LogP contribution in [0, 0.1) is 0 Å².